The van der Waals surface area contributed by atoms with Gasteiger partial charge in [0.25, 0.3) is 0 Å². The molecular formula is C18H21N5O2. The van der Waals surface area contributed by atoms with Gasteiger partial charge in [0.2, 0.25) is 5.91 Å². The summed E-state index contributed by atoms with van der Waals surface area (Å²) in [5.41, 5.74) is 9.31. The number of aromatic nitrogens is 4. The maximum atomic E-state index is 11.2. The number of rotatable bonds is 6. The molecule has 7 nitrogen and oxygen atoms in total. The molecule has 0 saturated carbocycles. The minimum atomic E-state index is -0.484. The van der Waals surface area contributed by atoms with Crippen molar-refractivity contribution in [3.63, 3.8) is 0 Å². The van der Waals surface area contributed by atoms with Gasteiger partial charge in [-0.25, -0.2) is 9.67 Å². The number of aliphatic hydroxyl groups is 1. The molecule has 0 unspecified atom stereocenters. The molecule has 0 saturated heterocycles. The van der Waals surface area contributed by atoms with E-state index in [1.165, 1.54) is 0 Å². The van der Waals surface area contributed by atoms with E-state index in [9.17, 15) is 9.90 Å². The topological polar surface area (TPSA) is 99.0 Å². The molecule has 3 aromatic rings. The number of benzene rings is 1. The van der Waals surface area contributed by atoms with Gasteiger partial charge < -0.3 is 15.4 Å². The number of aliphatic hydroxyl groups excluding tert-OH is 1. The summed E-state index contributed by atoms with van der Waals surface area (Å²) < 4.78 is 3.76. The maximum absolute atomic E-state index is 11.2. The van der Waals surface area contributed by atoms with Gasteiger partial charge in [0.15, 0.2) is 11.6 Å². The Labute approximate surface area is 145 Å². The zero-order valence-corrected chi connectivity index (χ0v) is 14.3. The lowest BCUT2D eigenvalue weighted by atomic mass is 10.2. The van der Waals surface area contributed by atoms with E-state index in [1.54, 1.807) is 4.68 Å². The van der Waals surface area contributed by atoms with Crippen LogP contribution in [0.3, 0.4) is 0 Å². The molecule has 0 spiro atoms. The monoisotopic (exact) mass is 339 g/mol. The lowest BCUT2D eigenvalue weighted by Gasteiger charge is -2.10. The van der Waals surface area contributed by atoms with Crippen molar-refractivity contribution in [2.45, 2.75) is 26.8 Å². The summed E-state index contributed by atoms with van der Waals surface area (Å²) in [5, 5.41) is 13.6. The van der Waals surface area contributed by atoms with Crippen LogP contribution < -0.4 is 5.73 Å². The zero-order valence-electron chi connectivity index (χ0n) is 14.3. The molecule has 1 amide bonds. The predicted molar refractivity (Wildman–Crippen MR) is 94.2 cm³/mol. The predicted octanol–water partition coefficient (Wildman–Crippen LogP) is 1.37. The molecular weight excluding hydrogens is 318 g/mol. The number of hydrogen-bond acceptors (Lipinski definition) is 4. The number of carbonyl (C=O) groups is 1. The molecule has 130 valence electrons. The average molecular weight is 339 g/mol. The molecule has 0 aliphatic heterocycles. The number of aryl methyl sites for hydroxylation is 1. The van der Waals surface area contributed by atoms with Crippen LogP contribution >= 0.6 is 0 Å². The molecule has 0 aliphatic carbocycles. The highest BCUT2D eigenvalue weighted by Gasteiger charge is 2.19. The summed E-state index contributed by atoms with van der Waals surface area (Å²) >= 11 is 0. The molecule has 0 atom stereocenters. The zero-order chi connectivity index (χ0) is 18.0. The highest BCUT2D eigenvalue weighted by Crippen LogP contribution is 2.28. The second-order valence-corrected chi connectivity index (χ2v) is 5.90. The van der Waals surface area contributed by atoms with E-state index in [2.05, 4.69) is 14.6 Å². The fraction of sp³-hybridized carbons (Fsp3) is 0.278. The number of nitrogens with two attached hydrogens (primary N) is 1. The van der Waals surface area contributed by atoms with Gasteiger partial charge in [-0.1, -0.05) is 18.2 Å². The van der Waals surface area contributed by atoms with Gasteiger partial charge in [0.1, 0.15) is 0 Å². The second-order valence-electron chi connectivity index (χ2n) is 5.90. The van der Waals surface area contributed by atoms with Gasteiger partial charge in [-0.15, -0.1) is 0 Å². The Morgan fingerprint density at radius 1 is 1.24 bits per heavy atom. The number of carbonyl (C=O) groups excluding carboxylic acids is 1. The highest BCUT2D eigenvalue weighted by atomic mass is 16.3. The van der Waals surface area contributed by atoms with Gasteiger partial charge in [-0.2, -0.15) is 5.10 Å². The van der Waals surface area contributed by atoms with E-state index in [1.807, 2.05) is 50.2 Å². The Morgan fingerprint density at radius 2 is 1.96 bits per heavy atom. The molecule has 1 aromatic carbocycles. The molecule has 2 heterocycles. The summed E-state index contributed by atoms with van der Waals surface area (Å²) in [6.07, 6.45) is -0.0249. The Balaban J connectivity index is 2.11. The third kappa shape index (κ3) is 3.32. The van der Waals surface area contributed by atoms with Crippen molar-refractivity contribution in [3.8, 4) is 17.1 Å². The largest absolute Gasteiger partial charge is 0.394 e. The van der Waals surface area contributed by atoms with E-state index in [0.29, 0.717) is 18.2 Å². The van der Waals surface area contributed by atoms with Crippen molar-refractivity contribution in [2.75, 3.05) is 6.61 Å². The third-order valence-electron chi connectivity index (χ3n) is 4.05. The molecule has 7 heteroatoms. The normalized spacial score (nSPS) is 11.0. The molecule has 3 rings (SSSR count). The first-order valence-electron chi connectivity index (χ1n) is 8.09. The maximum Gasteiger partial charge on any atom is 0.225 e. The molecule has 25 heavy (non-hydrogen) atoms. The number of hydrogen-bond donors (Lipinski definition) is 2. The van der Waals surface area contributed by atoms with Crippen molar-refractivity contribution in [1.29, 1.82) is 0 Å². The number of amides is 1. The van der Waals surface area contributed by atoms with E-state index in [0.717, 1.165) is 22.6 Å². The van der Waals surface area contributed by atoms with E-state index in [-0.39, 0.29) is 13.0 Å². The van der Waals surface area contributed by atoms with Crippen LogP contribution in [-0.2, 0) is 17.8 Å². The van der Waals surface area contributed by atoms with Crippen LogP contribution in [0.25, 0.3) is 17.1 Å². The van der Waals surface area contributed by atoms with Crippen LogP contribution in [0, 0.1) is 13.8 Å². The van der Waals surface area contributed by atoms with E-state index in [4.69, 9.17) is 5.73 Å². The molecule has 0 aliphatic rings. The Hall–Kier alpha value is -2.93. The first-order valence-corrected chi connectivity index (χ1v) is 8.09. The number of primary amides is 1. The SMILES string of the molecule is Cc1cc(-c2nc(CC(N)=O)nn2CCO)c(C)n1-c1ccccc1. The Morgan fingerprint density at radius 3 is 2.60 bits per heavy atom. The van der Waals surface area contributed by atoms with Crippen LogP contribution in [0.1, 0.15) is 17.2 Å². The van der Waals surface area contributed by atoms with Crippen molar-refractivity contribution >= 4 is 5.91 Å². The van der Waals surface area contributed by atoms with Crippen molar-refractivity contribution < 1.29 is 9.90 Å². The lowest BCUT2D eigenvalue weighted by molar-refractivity contribution is -0.117. The van der Waals surface area contributed by atoms with Gasteiger partial charge in [-0.05, 0) is 32.0 Å². The minimum absolute atomic E-state index is 0.0249. The lowest BCUT2D eigenvalue weighted by Crippen LogP contribution is -2.15. The summed E-state index contributed by atoms with van der Waals surface area (Å²) in [4.78, 5) is 15.6. The van der Waals surface area contributed by atoms with Crippen LogP contribution in [0.5, 0.6) is 0 Å². The van der Waals surface area contributed by atoms with E-state index >= 15 is 0 Å². The summed E-state index contributed by atoms with van der Waals surface area (Å²) in [6, 6.07) is 12.1. The highest BCUT2D eigenvalue weighted by molar-refractivity contribution is 5.76. The summed E-state index contributed by atoms with van der Waals surface area (Å²) in [5.74, 6) is 0.503. The van der Waals surface area contributed by atoms with Crippen LogP contribution in [0.2, 0.25) is 0 Å². The minimum Gasteiger partial charge on any atom is -0.394 e. The van der Waals surface area contributed by atoms with Crippen LogP contribution in [-0.4, -0.2) is 37.0 Å². The van der Waals surface area contributed by atoms with Crippen molar-refractivity contribution in [3.05, 3.63) is 53.6 Å². The third-order valence-corrected chi connectivity index (χ3v) is 4.05. The molecule has 0 fully saturated rings. The summed E-state index contributed by atoms with van der Waals surface area (Å²) in [7, 11) is 0. The van der Waals surface area contributed by atoms with Crippen LogP contribution in [0.4, 0.5) is 0 Å². The van der Waals surface area contributed by atoms with Gasteiger partial charge >= 0.3 is 0 Å². The molecule has 0 radical (unpaired) electrons. The quantitative estimate of drug-likeness (QED) is 0.708. The second kappa shape index (κ2) is 6.90. The number of para-hydroxylation sites is 1. The fourth-order valence-corrected chi connectivity index (χ4v) is 3.03. The van der Waals surface area contributed by atoms with Crippen LogP contribution in [0.15, 0.2) is 36.4 Å². The Kier molecular flexibility index (Phi) is 4.67. The molecule has 3 N–H and O–H groups in total. The standard InChI is InChI=1S/C18H21N5O2/c1-12-10-15(13(2)23(12)14-6-4-3-5-7-14)18-20-17(11-16(19)25)21-22(18)8-9-24/h3-7,10,24H,8-9,11H2,1-2H3,(H2,19,25). The first-order chi connectivity index (χ1) is 12.0. The van der Waals surface area contributed by atoms with Gasteiger partial charge in [-0.3, -0.25) is 4.79 Å². The summed E-state index contributed by atoms with van der Waals surface area (Å²) in [6.45, 7) is 4.28. The number of nitrogens with zero attached hydrogens (tertiary/aromatic N) is 4. The first kappa shape index (κ1) is 16.9. The molecule has 2 aromatic heterocycles. The fourth-order valence-electron chi connectivity index (χ4n) is 3.03. The smallest absolute Gasteiger partial charge is 0.225 e. The average Bonchev–Trinajstić information content (AvgIpc) is 3.08. The van der Waals surface area contributed by atoms with Crippen molar-refractivity contribution in [1.82, 2.24) is 19.3 Å². The Bertz CT molecular complexity index is 896. The van der Waals surface area contributed by atoms with Crippen molar-refractivity contribution in [2.24, 2.45) is 5.73 Å². The van der Waals surface area contributed by atoms with Gasteiger partial charge in [0, 0.05) is 22.6 Å². The van der Waals surface area contributed by atoms with E-state index < -0.39 is 5.91 Å². The molecule has 0 bridgehead atoms. The van der Waals surface area contributed by atoms with Gasteiger partial charge in [0.05, 0.1) is 19.6 Å².